The van der Waals surface area contributed by atoms with Crippen molar-refractivity contribution in [2.75, 3.05) is 5.73 Å². The van der Waals surface area contributed by atoms with Gasteiger partial charge >= 0.3 is 0 Å². The van der Waals surface area contributed by atoms with E-state index in [0.717, 1.165) is 12.1 Å². The second-order valence-corrected chi connectivity index (χ2v) is 6.00. The predicted molar refractivity (Wildman–Crippen MR) is 69.1 cm³/mol. The van der Waals surface area contributed by atoms with Crippen LogP contribution in [0.25, 0.3) is 0 Å². The first-order valence-corrected chi connectivity index (χ1v) is 6.98. The zero-order valence-corrected chi connectivity index (χ0v) is 11.4. The van der Waals surface area contributed by atoms with Crippen LogP contribution in [0.2, 0.25) is 0 Å². The molecule has 1 rings (SSSR count). The number of nitrogens with one attached hydrogen (secondary N) is 1. The third-order valence-corrected chi connectivity index (χ3v) is 4.19. The van der Waals surface area contributed by atoms with Crippen LogP contribution in [0.3, 0.4) is 0 Å². The standard InChI is InChI=1S/C11H16FN3O3S/c1-6(3-11(14)16)15-19(17,18)10-5-8(13)4-9(12)7(10)2/h4-6,15H,3,13H2,1-2H3,(H2,14,16). The van der Waals surface area contributed by atoms with Crippen molar-refractivity contribution in [3.8, 4) is 0 Å². The summed E-state index contributed by atoms with van der Waals surface area (Å²) in [7, 11) is -3.96. The Hall–Kier alpha value is -1.67. The number of nitrogen functional groups attached to an aromatic ring is 1. The number of halogens is 1. The first-order valence-electron chi connectivity index (χ1n) is 5.49. The van der Waals surface area contributed by atoms with Crippen molar-refractivity contribution in [1.82, 2.24) is 4.72 Å². The number of amides is 1. The van der Waals surface area contributed by atoms with Gasteiger partial charge in [-0.15, -0.1) is 0 Å². The molecule has 19 heavy (non-hydrogen) atoms. The van der Waals surface area contributed by atoms with Crippen molar-refractivity contribution >= 4 is 21.6 Å². The fourth-order valence-electron chi connectivity index (χ4n) is 1.62. The Morgan fingerprint density at radius 3 is 2.58 bits per heavy atom. The van der Waals surface area contributed by atoms with E-state index in [1.807, 2.05) is 0 Å². The monoisotopic (exact) mass is 289 g/mol. The molecule has 1 amide bonds. The number of rotatable bonds is 5. The van der Waals surface area contributed by atoms with E-state index < -0.39 is 27.8 Å². The number of nitrogens with two attached hydrogens (primary N) is 2. The van der Waals surface area contributed by atoms with Crippen molar-refractivity contribution in [3.05, 3.63) is 23.5 Å². The van der Waals surface area contributed by atoms with Gasteiger partial charge in [0.1, 0.15) is 5.82 Å². The van der Waals surface area contributed by atoms with Crippen molar-refractivity contribution < 1.29 is 17.6 Å². The van der Waals surface area contributed by atoms with E-state index in [2.05, 4.69) is 4.72 Å². The van der Waals surface area contributed by atoms with Gasteiger partial charge in [0.2, 0.25) is 15.9 Å². The van der Waals surface area contributed by atoms with E-state index in [0.29, 0.717) is 0 Å². The van der Waals surface area contributed by atoms with E-state index in [4.69, 9.17) is 11.5 Å². The molecular weight excluding hydrogens is 273 g/mol. The summed E-state index contributed by atoms with van der Waals surface area (Å²) in [4.78, 5) is 10.5. The first kappa shape index (κ1) is 15.4. The number of carbonyl (C=O) groups excluding carboxylic acids is 1. The summed E-state index contributed by atoms with van der Waals surface area (Å²) in [6.45, 7) is 2.82. The van der Waals surface area contributed by atoms with Crippen LogP contribution in [-0.2, 0) is 14.8 Å². The van der Waals surface area contributed by atoms with Crippen LogP contribution in [0.4, 0.5) is 10.1 Å². The molecule has 8 heteroatoms. The maximum absolute atomic E-state index is 13.5. The molecule has 0 saturated heterocycles. The number of primary amides is 1. The van der Waals surface area contributed by atoms with Crippen LogP contribution < -0.4 is 16.2 Å². The highest BCUT2D eigenvalue weighted by Gasteiger charge is 2.22. The summed E-state index contributed by atoms with van der Waals surface area (Å²) in [6.07, 6.45) is -0.150. The minimum absolute atomic E-state index is 0.00558. The second-order valence-electron chi connectivity index (χ2n) is 4.32. The quantitative estimate of drug-likeness (QED) is 0.674. The fraction of sp³-hybridized carbons (Fsp3) is 0.364. The molecule has 5 N–H and O–H groups in total. The second kappa shape index (κ2) is 5.54. The molecule has 1 aromatic carbocycles. The van der Waals surface area contributed by atoms with Gasteiger partial charge in [-0.3, -0.25) is 4.79 Å². The van der Waals surface area contributed by atoms with E-state index in [1.54, 1.807) is 0 Å². The molecule has 1 aromatic rings. The molecule has 6 nitrogen and oxygen atoms in total. The smallest absolute Gasteiger partial charge is 0.241 e. The van der Waals surface area contributed by atoms with Crippen molar-refractivity contribution in [2.24, 2.45) is 5.73 Å². The summed E-state index contributed by atoms with van der Waals surface area (Å²) in [6, 6.07) is 1.52. The lowest BCUT2D eigenvalue weighted by molar-refractivity contribution is -0.118. The zero-order valence-electron chi connectivity index (χ0n) is 10.6. The van der Waals surface area contributed by atoms with E-state index >= 15 is 0 Å². The molecule has 0 bridgehead atoms. The summed E-state index contributed by atoms with van der Waals surface area (Å²) in [5.74, 6) is -1.34. The summed E-state index contributed by atoms with van der Waals surface area (Å²) in [5, 5.41) is 0. The predicted octanol–water partition coefficient (Wildman–Crippen LogP) is 0.259. The maximum Gasteiger partial charge on any atom is 0.241 e. The zero-order chi connectivity index (χ0) is 14.8. The molecule has 0 spiro atoms. The molecule has 0 aliphatic carbocycles. The molecule has 1 unspecified atom stereocenters. The largest absolute Gasteiger partial charge is 0.399 e. The highest BCUT2D eigenvalue weighted by molar-refractivity contribution is 7.89. The molecular formula is C11H16FN3O3S. The van der Waals surface area contributed by atoms with Gasteiger partial charge < -0.3 is 11.5 Å². The van der Waals surface area contributed by atoms with Gasteiger partial charge in [0.25, 0.3) is 0 Å². The Morgan fingerprint density at radius 1 is 1.47 bits per heavy atom. The number of hydrogen-bond donors (Lipinski definition) is 3. The fourth-order valence-corrected chi connectivity index (χ4v) is 3.16. The Kier molecular flexibility index (Phi) is 4.48. The number of carbonyl (C=O) groups is 1. The van der Waals surface area contributed by atoms with E-state index in [9.17, 15) is 17.6 Å². The van der Waals surface area contributed by atoms with Crippen molar-refractivity contribution in [1.29, 1.82) is 0 Å². The van der Waals surface area contributed by atoms with E-state index in [1.165, 1.54) is 13.8 Å². The van der Waals surface area contributed by atoms with Gasteiger partial charge in [0.05, 0.1) is 4.90 Å². The van der Waals surface area contributed by atoms with Gasteiger partial charge in [-0.2, -0.15) is 0 Å². The molecule has 106 valence electrons. The normalized spacial score (nSPS) is 13.2. The Morgan fingerprint density at radius 2 is 2.05 bits per heavy atom. The minimum Gasteiger partial charge on any atom is -0.399 e. The Balaban J connectivity index is 3.11. The first-order chi connectivity index (χ1) is 8.63. The molecule has 0 aliphatic rings. The molecule has 0 fully saturated rings. The lowest BCUT2D eigenvalue weighted by Crippen LogP contribution is -2.36. The Bertz CT molecular complexity index is 601. The van der Waals surface area contributed by atoms with Crippen LogP contribution in [0.5, 0.6) is 0 Å². The average molecular weight is 289 g/mol. The molecule has 0 radical (unpaired) electrons. The molecule has 0 aromatic heterocycles. The lowest BCUT2D eigenvalue weighted by Gasteiger charge is -2.15. The highest BCUT2D eigenvalue weighted by Crippen LogP contribution is 2.22. The third kappa shape index (κ3) is 3.90. The van der Waals surface area contributed by atoms with Gasteiger partial charge in [-0.05, 0) is 26.0 Å². The van der Waals surface area contributed by atoms with Crippen molar-refractivity contribution in [2.45, 2.75) is 31.2 Å². The van der Waals surface area contributed by atoms with Gasteiger partial charge in [0, 0.05) is 23.7 Å². The van der Waals surface area contributed by atoms with Crippen LogP contribution in [-0.4, -0.2) is 20.4 Å². The number of anilines is 1. The highest BCUT2D eigenvalue weighted by atomic mass is 32.2. The van der Waals surface area contributed by atoms with Gasteiger partial charge in [-0.25, -0.2) is 17.5 Å². The van der Waals surface area contributed by atoms with Crippen LogP contribution in [0.1, 0.15) is 18.9 Å². The number of sulfonamides is 1. The van der Waals surface area contributed by atoms with Crippen LogP contribution >= 0.6 is 0 Å². The minimum atomic E-state index is -3.96. The average Bonchev–Trinajstić information content (AvgIpc) is 2.20. The molecule has 1 atom stereocenters. The maximum atomic E-state index is 13.5. The van der Waals surface area contributed by atoms with Crippen LogP contribution in [0.15, 0.2) is 17.0 Å². The topological polar surface area (TPSA) is 115 Å². The lowest BCUT2D eigenvalue weighted by atomic mass is 10.2. The third-order valence-electron chi connectivity index (χ3n) is 2.47. The molecule has 0 aliphatic heterocycles. The number of hydrogen-bond acceptors (Lipinski definition) is 4. The summed E-state index contributed by atoms with van der Waals surface area (Å²) >= 11 is 0. The molecule has 0 saturated carbocycles. The van der Waals surface area contributed by atoms with E-state index in [-0.39, 0.29) is 22.6 Å². The Labute approximate surface area is 111 Å². The SMILES string of the molecule is Cc1c(F)cc(N)cc1S(=O)(=O)NC(C)CC(N)=O. The van der Waals surface area contributed by atoms with Gasteiger partial charge in [-0.1, -0.05) is 0 Å². The number of benzene rings is 1. The van der Waals surface area contributed by atoms with Crippen LogP contribution in [0, 0.1) is 12.7 Å². The molecule has 0 heterocycles. The summed E-state index contributed by atoms with van der Waals surface area (Å²) in [5.41, 5.74) is 10.4. The summed E-state index contributed by atoms with van der Waals surface area (Å²) < 4.78 is 39.8. The van der Waals surface area contributed by atoms with Gasteiger partial charge in [0.15, 0.2) is 0 Å². The van der Waals surface area contributed by atoms with Crippen molar-refractivity contribution in [3.63, 3.8) is 0 Å².